The lowest BCUT2D eigenvalue weighted by molar-refractivity contribution is -0.123. The summed E-state index contributed by atoms with van der Waals surface area (Å²) in [6.45, 7) is 2.88. The lowest BCUT2D eigenvalue weighted by atomic mass is 10.1. The fraction of sp³-hybridized carbons (Fsp3) is 0.571. The third-order valence-corrected chi connectivity index (χ3v) is 3.52. The van der Waals surface area contributed by atoms with Gasteiger partial charge in [-0.2, -0.15) is 0 Å². The van der Waals surface area contributed by atoms with Crippen LogP contribution >= 0.6 is 0 Å². The SMILES string of the molecule is CN1CCCN(C)C(C(=O)Cc2ccccn2)C1. The Morgan fingerprint density at radius 3 is 2.94 bits per heavy atom. The maximum absolute atomic E-state index is 12.4. The van der Waals surface area contributed by atoms with Crippen LogP contribution in [0.15, 0.2) is 24.4 Å². The minimum Gasteiger partial charge on any atom is -0.304 e. The molecule has 1 aliphatic rings. The Bertz CT molecular complexity index is 393. The Morgan fingerprint density at radius 2 is 2.22 bits per heavy atom. The van der Waals surface area contributed by atoms with Gasteiger partial charge >= 0.3 is 0 Å². The summed E-state index contributed by atoms with van der Waals surface area (Å²) in [5.74, 6) is 0.268. The smallest absolute Gasteiger partial charge is 0.157 e. The van der Waals surface area contributed by atoms with E-state index >= 15 is 0 Å². The van der Waals surface area contributed by atoms with Gasteiger partial charge in [-0.25, -0.2) is 0 Å². The molecule has 0 N–H and O–H groups in total. The number of hydrogen-bond donors (Lipinski definition) is 0. The number of carbonyl (C=O) groups is 1. The Hall–Kier alpha value is -1.26. The summed E-state index contributed by atoms with van der Waals surface area (Å²) < 4.78 is 0. The van der Waals surface area contributed by atoms with Crippen molar-refractivity contribution in [2.24, 2.45) is 0 Å². The molecule has 1 atom stereocenters. The Labute approximate surface area is 109 Å². The van der Waals surface area contributed by atoms with E-state index < -0.39 is 0 Å². The molecule has 1 fully saturated rings. The second-order valence-corrected chi connectivity index (χ2v) is 5.08. The van der Waals surface area contributed by atoms with Crippen molar-refractivity contribution in [3.05, 3.63) is 30.1 Å². The van der Waals surface area contributed by atoms with E-state index in [1.807, 2.05) is 25.2 Å². The molecule has 0 radical (unpaired) electrons. The standard InChI is InChI=1S/C14H21N3O/c1-16-8-5-9-17(2)13(11-16)14(18)10-12-6-3-4-7-15-12/h3-4,6-7,13H,5,8-11H2,1-2H3. The molecule has 2 rings (SSSR count). The molecule has 98 valence electrons. The predicted octanol–water partition coefficient (Wildman–Crippen LogP) is 0.829. The molecule has 4 heteroatoms. The normalized spacial score (nSPS) is 22.7. The summed E-state index contributed by atoms with van der Waals surface area (Å²) in [6, 6.07) is 5.72. The highest BCUT2D eigenvalue weighted by Crippen LogP contribution is 2.10. The van der Waals surface area contributed by atoms with E-state index in [1.165, 1.54) is 0 Å². The Kier molecular flexibility index (Phi) is 4.44. The Morgan fingerprint density at radius 1 is 1.39 bits per heavy atom. The molecule has 0 spiro atoms. The van der Waals surface area contributed by atoms with Gasteiger partial charge in [-0.1, -0.05) is 6.07 Å². The van der Waals surface area contributed by atoms with E-state index in [0.717, 1.165) is 31.7 Å². The summed E-state index contributed by atoms with van der Waals surface area (Å²) in [7, 11) is 4.13. The summed E-state index contributed by atoms with van der Waals surface area (Å²) in [5.41, 5.74) is 0.864. The van der Waals surface area contributed by atoms with Crippen LogP contribution in [-0.4, -0.2) is 60.3 Å². The molecule has 0 aliphatic carbocycles. The van der Waals surface area contributed by atoms with Crippen LogP contribution in [0.25, 0.3) is 0 Å². The van der Waals surface area contributed by atoms with Crippen molar-refractivity contribution in [2.45, 2.75) is 18.9 Å². The van der Waals surface area contributed by atoms with Crippen molar-refractivity contribution in [3.8, 4) is 0 Å². The molecule has 4 nitrogen and oxygen atoms in total. The lowest BCUT2D eigenvalue weighted by Crippen LogP contribution is -2.44. The van der Waals surface area contributed by atoms with Gasteiger partial charge in [0.15, 0.2) is 5.78 Å². The fourth-order valence-electron chi connectivity index (χ4n) is 2.42. The molecule has 1 unspecified atom stereocenters. The van der Waals surface area contributed by atoms with Gasteiger partial charge in [-0.3, -0.25) is 14.7 Å². The van der Waals surface area contributed by atoms with Crippen molar-refractivity contribution < 1.29 is 4.79 Å². The molecular weight excluding hydrogens is 226 g/mol. The second-order valence-electron chi connectivity index (χ2n) is 5.08. The van der Waals surface area contributed by atoms with Crippen LogP contribution in [-0.2, 0) is 11.2 Å². The number of Topliss-reactive ketones (excluding diaryl/α,β-unsaturated/α-hetero) is 1. The number of aromatic nitrogens is 1. The van der Waals surface area contributed by atoms with Crippen LogP contribution in [0.3, 0.4) is 0 Å². The van der Waals surface area contributed by atoms with Crippen LogP contribution in [0.5, 0.6) is 0 Å². The molecule has 18 heavy (non-hydrogen) atoms. The Balaban J connectivity index is 2.02. The van der Waals surface area contributed by atoms with Gasteiger partial charge in [0.2, 0.25) is 0 Å². The third kappa shape index (κ3) is 3.37. The van der Waals surface area contributed by atoms with Crippen molar-refractivity contribution in [2.75, 3.05) is 33.7 Å². The number of ketones is 1. The van der Waals surface area contributed by atoms with Crippen molar-refractivity contribution in [3.63, 3.8) is 0 Å². The minimum atomic E-state index is -0.000457. The number of hydrogen-bond acceptors (Lipinski definition) is 4. The van der Waals surface area contributed by atoms with Gasteiger partial charge in [0.25, 0.3) is 0 Å². The largest absolute Gasteiger partial charge is 0.304 e. The first kappa shape index (κ1) is 13.2. The zero-order valence-corrected chi connectivity index (χ0v) is 11.2. The van der Waals surface area contributed by atoms with Crippen LogP contribution < -0.4 is 0 Å². The zero-order valence-electron chi connectivity index (χ0n) is 11.2. The highest BCUT2D eigenvalue weighted by molar-refractivity contribution is 5.86. The van der Waals surface area contributed by atoms with Crippen molar-refractivity contribution in [1.82, 2.24) is 14.8 Å². The summed E-state index contributed by atoms with van der Waals surface area (Å²) in [5, 5.41) is 0. The number of rotatable bonds is 3. The van der Waals surface area contributed by atoms with Gasteiger partial charge in [0, 0.05) is 18.4 Å². The molecule has 0 bridgehead atoms. The number of nitrogens with zero attached hydrogens (tertiary/aromatic N) is 3. The fourth-order valence-corrected chi connectivity index (χ4v) is 2.42. The summed E-state index contributed by atoms with van der Waals surface area (Å²) in [4.78, 5) is 21.0. The first-order chi connectivity index (χ1) is 8.66. The van der Waals surface area contributed by atoms with E-state index in [1.54, 1.807) is 6.20 Å². The monoisotopic (exact) mass is 247 g/mol. The molecule has 1 aromatic heterocycles. The van der Waals surface area contributed by atoms with Crippen LogP contribution in [0.4, 0.5) is 0 Å². The summed E-state index contributed by atoms with van der Waals surface area (Å²) in [6.07, 6.45) is 3.30. The lowest BCUT2D eigenvalue weighted by Gasteiger charge is -2.26. The zero-order chi connectivity index (χ0) is 13.0. The van der Waals surface area contributed by atoms with Gasteiger partial charge < -0.3 is 4.90 Å². The minimum absolute atomic E-state index is 0.000457. The molecule has 2 heterocycles. The van der Waals surface area contributed by atoms with Gasteiger partial charge in [0.05, 0.1) is 12.5 Å². The second kappa shape index (κ2) is 6.07. The molecule has 1 aromatic rings. The van der Waals surface area contributed by atoms with Crippen LogP contribution in [0.2, 0.25) is 0 Å². The predicted molar refractivity (Wildman–Crippen MR) is 71.5 cm³/mol. The van der Waals surface area contributed by atoms with Crippen molar-refractivity contribution in [1.29, 1.82) is 0 Å². The number of carbonyl (C=O) groups excluding carboxylic acids is 1. The molecule has 0 saturated carbocycles. The maximum Gasteiger partial charge on any atom is 0.157 e. The molecule has 0 amide bonds. The van der Waals surface area contributed by atoms with Crippen LogP contribution in [0.1, 0.15) is 12.1 Å². The average Bonchev–Trinajstić information content (AvgIpc) is 2.52. The highest BCUT2D eigenvalue weighted by atomic mass is 16.1. The molecule has 1 aliphatic heterocycles. The van der Waals surface area contributed by atoms with Gasteiger partial charge in [-0.05, 0) is 45.7 Å². The van der Waals surface area contributed by atoms with E-state index in [0.29, 0.717) is 6.42 Å². The first-order valence-electron chi connectivity index (χ1n) is 6.48. The number of likely N-dealkylation sites (N-methyl/N-ethyl adjacent to an activating group) is 2. The highest BCUT2D eigenvalue weighted by Gasteiger charge is 2.26. The maximum atomic E-state index is 12.4. The van der Waals surface area contributed by atoms with Gasteiger partial charge in [0.1, 0.15) is 0 Å². The van der Waals surface area contributed by atoms with Crippen molar-refractivity contribution >= 4 is 5.78 Å². The van der Waals surface area contributed by atoms with E-state index in [9.17, 15) is 4.79 Å². The van der Waals surface area contributed by atoms with E-state index in [4.69, 9.17) is 0 Å². The van der Waals surface area contributed by atoms with E-state index in [2.05, 4.69) is 21.8 Å². The van der Waals surface area contributed by atoms with Gasteiger partial charge in [-0.15, -0.1) is 0 Å². The van der Waals surface area contributed by atoms with Crippen LogP contribution in [0, 0.1) is 0 Å². The number of pyridine rings is 1. The molecule has 0 aromatic carbocycles. The first-order valence-corrected chi connectivity index (χ1v) is 6.48. The quantitative estimate of drug-likeness (QED) is 0.793. The summed E-state index contributed by atoms with van der Waals surface area (Å²) >= 11 is 0. The molecule has 1 saturated heterocycles. The van der Waals surface area contributed by atoms with E-state index in [-0.39, 0.29) is 11.8 Å². The average molecular weight is 247 g/mol. The molecular formula is C14H21N3O. The topological polar surface area (TPSA) is 36.4 Å². The third-order valence-electron chi connectivity index (χ3n) is 3.52.